The Balaban J connectivity index is 1.76. The van der Waals surface area contributed by atoms with Gasteiger partial charge in [0.15, 0.2) is 5.17 Å². The number of halogens is 2. The lowest BCUT2D eigenvalue weighted by atomic mass is 10.2. The Bertz CT molecular complexity index is 821. The average molecular weight is 420 g/mol. The minimum absolute atomic E-state index is 0.0214. The van der Waals surface area contributed by atoms with Crippen LogP contribution in [0.25, 0.3) is 0 Å². The molecule has 0 saturated carbocycles. The maximum Gasteiger partial charge on any atom is 0.242 e. The molecule has 0 N–H and O–H groups in total. The molecule has 3 rings (SSSR count). The number of amides is 1. The molecule has 1 saturated heterocycles. The zero-order valence-corrected chi connectivity index (χ0v) is 15.8. The van der Waals surface area contributed by atoms with Crippen molar-refractivity contribution in [1.29, 1.82) is 0 Å². The fourth-order valence-electron chi connectivity index (χ4n) is 2.28. The van der Waals surface area contributed by atoms with Gasteiger partial charge in [-0.15, -0.1) is 5.10 Å². The van der Waals surface area contributed by atoms with Crippen molar-refractivity contribution in [1.82, 2.24) is 4.90 Å². The minimum Gasteiger partial charge on any atom is -0.284 e. The van der Waals surface area contributed by atoms with Crippen LogP contribution in [0.4, 0.5) is 4.39 Å². The van der Waals surface area contributed by atoms with Gasteiger partial charge in [-0.25, -0.2) is 4.39 Å². The number of carbonyl (C=O) groups is 1. The van der Waals surface area contributed by atoms with Gasteiger partial charge in [-0.05, 0) is 42.3 Å². The van der Waals surface area contributed by atoms with Crippen LogP contribution >= 0.6 is 27.7 Å². The molecule has 25 heavy (non-hydrogen) atoms. The molecule has 0 radical (unpaired) electrons. The van der Waals surface area contributed by atoms with Gasteiger partial charge in [0, 0.05) is 4.47 Å². The first-order chi connectivity index (χ1) is 12.0. The molecule has 2 aromatic carbocycles. The van der Waals surface area contributed by atoms with Crippen LogP contribution in [-0.2, 0) is 11.3 Å². The van der Waals surface area contributed by atoms with Crippen molar-refractivity contribution in [2.75, 3.05) is 0 Å². The monoisotopic (exact) mass is 419 g/mol. The Morgan fingerprint density at radius 1 is 1.20 bits per heavy atom. The van der Waals surface area contributed by atoms with E-state index < -0.39 is 0 Å². The summed E-state index contributed by atoms with van der Waals surface area (Å²) >= 11 is 4.75. The zero-order valence-electron chi connectivity index (χ0n) is 13.4. The number of hydrogen-bond donors (Lipinski definition) is 0. The molecule has 7 heteroatoms. The first kappa shape index (κ1) is 17.8. The molecule has 0 aliphatic carbocycles. The van der Waals surface area contributed by atoms with Gasteiger partial charge in [-0.1, -0.05) is 52.0 Å². The largest absolute Gasteiger partial charge is 0.284 e. The van der Waals surface area contributed by atoms with Gasteiger partial charge in [0.2, 0.25) is 5.91 Å². The molecule has 1 atom stereocenters. The third kappa shape index (κ3) is 4.55. The molecule has 0 spiro atoms. The summed E-state index contributed by atoms with van der Waals surface area (Å²) in [4.78, 5) is 13.9. The number of carbonyl (C=O) groups excluding carboxylic acids is 1. The van der Waals surface area contributed by atoms with Crippen molar-refractivity contribution in [3.63, 3.8) is 0 Å². The normalized spacial score (nSPS) is 19.3. The molecule has 1 fully saturated rings. The van der Waals surface area contributed by atoms with E-state index in [1.807, 2.05) is 31.2 Å². The van der Waals surface area contributed by atoms with Crippen LogP contribution in [0, 0.1) is 5.82 Å². The molecule has 2 aromatic rings. The Morgan fingerprint density at radius 3 is 2.56 bits per heavy atom. The van der Waals surface area contributed by atoms with E-state index in [4.69, 9.17) is 0 Å². The van der Waals surface area contributed by atoms with Crippen LogP contribution in [0.2, 0.25) is 0 Å². The van der Waals surface area contributed by atoms with Gasteiger partial charge in [0.1, 0.15) is 5.82 Å². The van der Waals surface area contributed by atoms with E-state index in [-0.39, 0.29) is 17.0 Å². The lowest BCUT2D eigenvalue weighted by Crippen LogP contribution is -2.30. The van der Waals surface area contributed by atoms with E-state index >= 15 is 0 Å². The van der Waals surface area contributed by atoms with E-state index in [1.165, 1.54) is 23.9 Å². The Morgan fingerprint density at radius 2 is 1.88 bits per heavy atom. The number of amidine groups is 1. The van der Waals surface area contributed by atoms with Crippen molar-refractivity contribution >= 4 is 45.0 Å². The number of rotatable bonds is 4. The summed E-state index contributed by atoms with van der Waals surface area (Å²) in [7, 11) is 0. The van der Waals surface area contributed by atoms with Crippen LogP contribution < -0.4 is 0 Å². The van der Waals surface area contributed by atoms with Crippen LogP contribution in [0.1, 0.15) is 18.1 Å². The Kier molecular flexibility index (Phi) is 5.65. The molecule has 1 heterocycles. The fraction of sp³-hybridized carbons (Fsp3) is 0.167. The molecule has 1 aliphatic rings. The van der Waals surface area contributed by atoms with Gasteiger partial charge in [-0.2, -0.15) is 5.10 Å². The number of nitrogens with zero attached hydrogens (tertiary/aromatic N) is 3. The van der Waals surface area contributed by atoms with Gasteiger partial charge < -0.3 is 0 Å². The highest BCUT2D eigenvalue weighted by atomic mass is 79.9. The summed E-state index contributed by atoms with van der Waals surface area (Å²) in [5.74, 6) is -0.320. The van der Waals surface area contributed by atoms with Crippen molar-refractivity contribution < 1.29 is 9.18 Å². The average Bonchev–Trinajstić information content (AvgIpc) is 2.86. The summed E-state index contributed by atoms with van der Waals surface area (Å²) in [5, 5.41) is 8.65. The maximum absolute atomic E-state index is 13.0. The number of thioether (sulfide) groups is 1. The fourth-order valence-corrected chi connectivity index (χ4v) is 3.46. The van der Waals surface area contributed by atoms with Crippen molar-refractivity contribution in [2.24, 2.45) is 10.2 Å². The van der Waals surface area contributed by atoms with E-state index in [9.17, 15) is 9.18 Å². The highest BCUT2D eigenvalue weighted by molar-refractivity contribution is 9.10. The second-order valence-electron chi connectivity index (χ2n) is 5.49. The second-order valence-corrected chi connectivity index (χ2v) is 7.71. The molecule has 1 amide bonds. The summed E-state index contributed by atoms with van der Waals surface area (Å²) in [6.07, 6.45) is 1.64. The third-order valence-corrected chi connectivity index (χ3v) is 5.20. The van der Waals surface area contributed by atoms with E-state index in [0.29, 0.717) is 11.7 Å². The lowest BCUT2D eigenvalue weighted by molar-refractivity contribution is -0.126. The first-order valence-electron chi connectivity index (χ1n) is 7.62. The van der Waals surface area contributed by atoms with Gasteiger partial charge in [0.25, 0.3) is 0 Å². The predicted octanol–water partition coefficient (Wildman–Crippen LogP) is 4.44. The topological polar surface area (TPSA) is 45.0 Å². The molecule has 0 bridgehead atoms. The highest BCUT2D eigenvalue weighted by Crippen LogP contribution is 2.28. The van der Waals surface area contributed by atoms with Gasteiger partial charge in [0.05, 0.1) is 18.0 Å². The molecule has 128 valence electrons. The Labute approximate surface area is 158 Å². The van der Waals surface area contributed by atoms with Gasteiger partial charge in [-0.3, -0.25) is 9.69 Å². The second kappa shape index (κ2) is 7.93. The quantitative estimate of drug-likeness (QED) is 0.542. The maximum atomic E-state index is 13.0. The molecule has 4 nitrogen and oxygen atoms in total. The third-order valence-electron chi connectivity index (χ3n) is 3.60. The van der Waals surface area contributed by atoms with E-state index in [0.717, 1.165) is 15.6 Å². The summed E-state index contributed by atoms with van der Waals surface area (Å²) in [6.45, 7) is 2.19. The van der Waals surface area contributed by atoms with Crippen molar-refractivity contribution in [3.05, 3.63) is 69.9 Å². The van der Waals surface area contributed by atoms with Crippen molar-refractivity contribution in [3.8, 4) is 0 Å². The summed E-state index contributed by atoms with van der Waals surface area (Å²) in [6, 6.07) is 13.8. The summed E-state index contributed by atoms with van der Waals surface area (Å²) < 4.78 is 14.0. The first-order valence-corrected chi connectivity index (χ1v) is 9.29. The number of benzene rings is 2. The Hall–Kier alpha value is -1.99. The van der Waals surface area contributed by atoms with E-state index in [2.05, 4.69) is 26.1 Å². The molecular weight excluding hydrogens is 405 g/mol. The molecule has 0 aromatic heterocycles. The van der Waals surface area contributed by atoms with Crippen LogP contribution in [0.15, 0.2) is 63.2 Å². The molecule has 1 aliphatic heterocycles. The lowest BCUT2D eigenvalue weighted by Gasteiger charge is -2.15. The van der Waals surface area contributed by atoms with Crippen LogP contribution in [0.5, 0.6) is 0 Å². The highest BCUT2D eigenvalue weighted by Gasteiger charge is 2.35. The smallest absolute Gasteiger partial charge is 0.242 e. The SMILES string of the molecule is CC1S/C(=N\N=C\c2ccc(Br)cc2)N(Cc2ccc(F)cc2)C1=O. The minimum atomic E-state index is -0.299. The summed E-state index contributed by atoms with van der Waals surface area (Å²) in [5.41, 5.74) is 1.76. The predicted molar refractivity (Wildman–Crippen MR) is 103 cm³/mol. The number of hydrogen-bond acceptors (Lipinski definition) is 4. The van der Waals surface area contributed by atoms with Gasteiger partial charge >= 0.3 is 0 Å². The molecular formula is C18H15BrFN3OS. The van der Waals surface area contributed by atoms with E-state index in [1.54, 1.807) is 23.2 Å². The zero-order chi connectivity index (χ0) is 17.8. The van der Waals surface area contributed by atoms with Crippen molar-refractivity contribution in [2.45, 2.75) is 18.7 Å². The van der Waals surface area contributed by atoms with Crippen LogP contribution in [-0.4, -0.2) is 27.4 Å². The van der Waals surface area contributed by atoms with Crippen LogP contribution in [0.3, 0.4) is 0 Å². The standard InChI is InChI=1S/C18H15BrFN3OS/c1-12-17(24)23(11-14-4-8-16(20)9-5-14)18(25-12)22-21-10-13-2-6-15(19)7-3-13/h2-10,12H,11H2,1H3/b21-10+,22-18-. The molecule has 1 unspecified atom stereocenters.